The van der Waals surface area contributed by atoms with Gasteiger partial charge in [-0.1, -0.05) is 140 Å². The first kappa shape index (κ1) is 29.8. The van der Waals surface area contributed by atoms with E-state index in [9.17, 15) is 0 Å². The van der Waals surface area contributed by atoms with Gasteiger partial charge in [-0.05, 0) is 92.7 Å². The van der Waals surface area contributed by atoms with Crippen molar-refractivity contribution < 1.29 is 4.42 Å². The monoisotopic (exact) mass is 665 g/mol. The average molecular weight is 666 g/mol. The molecule has 0 spiro atoms. The minimum absolute atomic E-state index is 0.497. The largest absolute Gasteiger partial charge is 0.416 e. The van der Waals surface area contributed by atoms with Crippen molar-refractivity contribution >= 4 is 32.6 Å². The van der Waals surface area contributed by atoms with Gasteiger partial charge < -0.3 is 8.98 Å². The highest BCUT2D eigenvalue weighted by atomic mass is 16.4. The topological polar surface area (TPSA) is 43.9 Å². The molecule has 0 saturated carbocycles. The van der Waals surface area contributed by atoms with Crippen LogP contribution in [-0.4, -0.2) is 14.8 Å². The van der Waals surface area contributed by atoms with Gasteiger partial charge in [0.15, 0.2) is 0 Å². The van der Waals surface area contributed by atoms with Crippen molar-refractivity contribution in [2.45, 2.75) is 0 Å². The van der Waals surface area contributed by atoms with Crippen LogP contribution in [0, 0.1) is 0 Å². The summed E-state index contributed by atoms with van der Waals surface area (Å²) in [5, 5.41) is 13.6. The van der Waals surface area contributed by atoms with Crippen LogP contribution in [-0.2, 0) is 0 Å². The van der Waals surface area contributed by atoms with Gasteiger partial charge in [-0.3, -0.25) is 0 Å². The van der Waals surface area contributed by atoms with Gasteiger partial charge >= 0.3 is 0 Å². The number of benzene rings is 8. The summed E-state index contributed by atoms with van der Waals surface area (Å²) in [6.45, 7) is 0. The lowest BCUT2D eigenvalue weighted by atomic mass is 9.89. The Bertz CT molecular complexity index is 2900. The van der Waals surface area contributed by atoms with Crippen LogP contribution in [0.1, 0.15) is 0 Å². The van der Waals surface area contributed by atoms with Crippen molar-refractivity contribution in [2.75, 3.05) is 0 Å². The second kappa shape index (κ2) is 12.4. The summed E-state index contributed by atoms with van der Waals surface area (Å²) in [5.74, 6) is 1.01. The third kappa shape index (κ3) is 5.00. The Hall–Kier alpha value is -7.04. The standard InChI is InChI=1S/C48H31N3O/c1-2-15-36(16-3-1)51-45-24-11-10-22-42(45)44-31-35(29-30-46(44)51)39-19-7-9-21-41(39)40-20-8-6-17-37(40)33-25-27-34(28-26-33)47-49-50-48(52-47)43-23-12-14-32-13-4-5-18-38(32)43/h1-31H. The summed E-state index contributed by atoms with van der Waals surface area (Å²) < 4.78 is 8.59. The second-order valence-corrected chi connectivity index (χ2v) is 13.0. The maximum Gasteiger partial charge on any atom is 0.248 e. The molecule has 0 saturated heterocycles. The van der Waals surface area contributed by atoms with E-state index < -0.39 is 0 Å². The van der Waals surface area contributed by atoms with Crippen molar-refractivity contribution in [1.82, 2.24) is 14.8 Å². The molecule has 0 aliphatic heterocycles. The SMILES string of the molecule is c1ccc(-n2c3ccccc3c3cc(-c4ccccc4-c4ccccc4-c4ccc(-c5nnc(-c6cccc7ccccc67)o5)cc4)ccc32)cc1. The van der Waals surface area contributed by atoms with Crippen molar-refractivity contribution in [1.29, 1.82) is 0 Å². The molecule has 10 aromatic rings. The first-order valence-corrected chi connectivity index (χ1v) is 17.5. The minimum Gasteiger partial charge on any atom is -0.416 e. The number of aromatic nitrogens is 3. The van der Waals surface area contributed by atoms with E-state index in [-0.39, 0.29) is 0 Å². The highest BCUT2D eigenvalue weighted by molar-refractivity contribution is 6.11. The van der Waals surface area contributed by atoms with E-state index in [4.69, 9.17) is 4.42 Å². The van der Waals surface area contributed by atoms with E-state index in [1.807, 2.05) is 24.3 Å². The van der Waals surface area contributed by atoms with Crippen LogP contribution in [0.4, 0.5) is 0 Å². The molecule has 0 aliphatic rings. The normalized spacial score (nSPS) is 11.5. The number of hydrogen-bond acceptors (Lipinski definition) is 3. The molecule has 0 atom stereocenters. The molecule has 0 N–H and O–H groups in total. The van der Waals surface area contributed by atoms with E-state index in [0.29, 0.717) is 11.8 Å². The van der Waals surface area contributed by atoms with Gasteiger partial charge in [0.1, 0.15) is 0 Å². The Labute approximate surface area is 300 Å². The van der Waals surface area contributed by atoms with Crippen molar-refractivity contribution in [3.05, 3.63) is 188 Å². The molecule has 2 aromatic heterocycles. The van der Waals surface area contributed by atoms with Crippen LogP contribution in [0.15, 0.2) is 192 Å². The van der Waals surface area contributed by atoms with E-state index >= 15 is 0 Å². The molecule has 2 heterocycles. The fourth-order valence-electron chi connectivity index (χ4n) is 7.59. The third-order valence-corrected chi connectivity index (χ3v) is 10.0. The van der Waals surface area contributed by atoms with Crippen molar-refractivity contribution in [3.63, 3.8) is 0 Å². The molecule has 0 fully saturated rings. The molecule has 52 heavy (non-hydrogen) atoms. The molecule has 244 valence electrons. The predicted octanol–water partition coefficient (Wildman–Crippen LogP) is 12.7. The number of nitrogens with zero attached hydrogens (tertiary/aromatic N) is 3. The lowest BCUT2D eigenvalue weighted by Crippen LogP contribution is -1.93. The molecule has 4 nitrogen and oxygen atoms in total. The molecule has 0 radical (unpaired) electrons. The first-order chi connectivity index (χ1) is 25.8. The molecule has 0 amide bonds. The Morgan fingerprint density at radius 3 is 1.67 bits per heavy atom. The maximum absolute atomic E-state index is 6.23. The zero-order valence-corrected chi connectivity index (χ0v) is 28.1. The van der Waals surface area contributed by atoms with Crippen LogP contribution < -0.4 is 0 Å². The van der Waals surface area contributed by atoms with Gasteiger partial charge in [0.25, 0.3) is 0 Å². The van der Waals surface area contributed by atoms with Crippen molar-refractivity contribution in [2.24, 2.45) is 0 Å². The zero-order valence-electron chi connectivity index (χ0n) is 28.1. The van der Waals surface area contributed by atoms with Crippen LogP contribution >= 0.6 is 0 Å². The molecule has 0 unspecified atom stereocenters. The summed E-state index contributed by atoms with van der Waals surface area (Å²) in [6, 6.07) is 66.3. The van der Waals surface area contributed by atoms with Crippen LogP contribution in [0.5, 0.6) is 0 Å². The molecule has 10 rings (SSSR count). The van der Waals surface area contributed by atoms with Gasteiger partial charge in [-0.2, -0.15) is 0 Å². The van der Waals surface area contributed by atoms with Gasteiger partial charge in [0.2, 0.25) is 11.8 Å². The van der Waals surface area contributed by atoms with Crippen LogP contribution in [0.2, 0.25) is 0 Å². The Balaban J connectivity index is 1.02. The zero-order chi connectivity index (χ0) is 34.4. The molecule has 0 bridgehead atoms. The van der Waals surface area contributed by atoms with E-state index in [0.717, 1.165) is 38.7 Å². The molecular formula is C48H31N3O. The summed E-state index contributed by atoms with van der Waals surface area (Å²) in [7, 11) is 0. The molecular weight excluding hydrogens is 635 g/mol. The minimum atomic E-state index is 0.497. The quantitative estimate of drug-likeness (QED) is 0.178. The average Bonchev–Trinajstić information content (AvgIpc) is 3.84. The summed E-state index contributed by atoms with van der Waals surface area (Å²) in [5.41, 5.74) is 12.4. The lowest BCUT2D eigenvalue weighted by Gasteiger charge is -2.15. The van der Waals surface area contributed by atoms with Crippen molar-refractivity contribution in [3.8, 4) is 62.0 Å². The number of rotatable bonds is 6. The number of fused-ring (bicyclic) bond motifs is 4. The third-order valence-electron chi connectivity index (χ3n) is 10.0. The highest BCUT2D eigenvalue weighted by Gasteiger charge is 2.17. The summed E-state index contributed by atoms with van der Waals surface area (Å²) >= 11 is 0. The Morgan fingerprint density at radius 2 is 0.885 bits per heavy atom. The van der Waals surface area contributed by atoms with Gasteiger partial charge in [0.05, 0.1) is 11.0 Å². The lowest BCUT2D eigenvalue weighted by molar-refractivity contribution is 0.585. The summed E-state index contributed by atoms with van der Waals surface area (Å²) in [4.78, 5) is 0. The molecule has 0 aliphatic carbocycles. The van der Waals surface area contributed by atoms with Gasteiger partial charge in [0, 0.05) is 27.6 Å². The number of para-hydroxylation sites is 2. The molecule has 8 aromatic carbocycles. The summed E-state index contributed by atoms with van der Waals surface area (Å²) in [6.07, 6.45) is 0. The fraction of sp³-hybridized carbons (Fsp3) is 0. The van der Waals surface area contributed by atoms with Crippen LogP contribution in [0.25, 0.3) is 94.6 Å². The van der Waals surface area contributed by atoms with Gasteiger partial charge in [-0.15, -0.1) is 10.2 Å². The predicted molar refractivity (Wildman–Crippen MR) is 213 cm³/mol. The Kier molecular flexibility index (Phi) is 7.10. The van der Waals surface area contributed by atoms with Crippen LogP contribution in [0.3, 0.4) is 0 Å². The Morgan fingerprint density at radius 1 is 0.346 bits per heavy atom. The second-order valence-electron chi connectivity index (χ2n) is 13.0. The first-order valence-electron chi connectivity index (χ1n) is 17.5. The highest BCUT2D eigenvalue weighted by Crippen LogP contribution is 2.41. The molecule has 4 heteroatoms. The van der Waals surface area contributed by atoms with Gasteiger partial charge in [-0.25, -0.2) is 0 Å². The smallest absolute Gasteiger partial charge is 0.248 e. The fourth-order valence-corrected chi connectivity index (χ4v) is 7.59. The maximum atomic E-state index is 6.23. The van der Waals surface area contributed by atoms with E-state index in [1.165, 1.54) is 44.1 Å². The van der Waals surface area contributed by atoms with E-state index in [1.54, 1.807) is 0 Å². The number of hydrogen-bond donors (Lipinski definition) is 0. The van der Waals surface area contributed by atoms with E-state index in [2.05, 4.69) is 179 Å².